The van der Waals surface area contributed by atoms with Gasteiger partial charge < -0.3 is 10.4 Å². The molecule has 13 heavy (non-hydrogen) atoms. The van der Waals surface area contributed by atoms with Gasteiger partial charge in [-0.2, -0.15) is 0 Å². The summed E-state index contributed by atoms with van der Waals surface area (Å²) in [6.45, 7) is 4.39. The summed E-state index contributed by atoms with van der Waals surface area (Å²) in [6, 6.07) is 0. The molecule has 1 aromatic rings. The fraction of sp³-hybridized carbons (Fsp3) is 0.375. The number of hydrogen-bond acceptors (Lipinski definition) is 4. The summed E-state index contributed by atoms with van der Waals surface area (Å²) in [4.78, 5) is 18.3. The zero-order chi connectivity index (χ0) is 9.84. The SMILES string of the molecule is CCNc1ncc(C(=O)O)nc1C. The fourth-order valence-corrected chi connectivity index (χ4v) is 0.926. The lowest BCUT2D eigenvalue weighted by atomic mass is 10.4. The third-order valence-corrected chi connectivity index (χ3v) is 1.51. The van der Waals surface area contributed by atoms with Gasteiger partial charge in [-0.1, -0.05) is 0 Å². The van der Waals surface area contributed by atoms with E-state index in [-0.39, 0.29) is 5.69 Å². The van der Waals surface area contributed by atoms with E-state index in [4.69, 9.17) is 5.11 Å². The first-order valence-corrected chi connectivity index (χ1v) is 3.96. The Morgan fingerprint density at radius 3 is 2.85 bits per heavy atom. The van der Waals surface area contributed by atoms with Crippen LogP contribution in [0.2, 0.25) is 0 Å². The maximum Gasteiger partial charge on any atom is 0.356 e. The summed E-state index contributed by atoms with van der Waals surface area (Å²) >= 11 is 0. The van der Waals surface area contributed by atoms with Crippen LogP contribution in [0.1, 0.15) is 23.1 Å². The van der Waals surface area contributed by atoms with Crippen LogP contribution in [0.4, 0.5) is 5.82 Å². The molecule has 1 heterocycles. The lowest BCUT2D eigenvalue weighted by Crippen LogP contribution is -2.07. The van der Waals surface area contributed by atoms with Gasteiger partial charge in [-0.25, -0.2) is 14.8 Å². The largest absolute Gasteiger partial charge is 0.476 e. The number of nitrogens with zero attached hydrogens (tertiary/aromatic N) is 2. The average molecular weight is 181 g/mol. The molecule has 0 aliphatic rings. The Hall–Kier alpha value is -1.65. The van der Waals surface area contributed by atoms with Gasteiger partial charge in [0.15, 0.2) is 5.69 Å². The third-order valence-electron chi connectivity index (χ3n) is 1.51. The van der Waals surface area contributed by atoms with Crippen LogP contribution in [-0.4, -0.2) is 27.6 Å². The fourth-order valence-electron chi connectivity index (χ4n) is 0.926. The number of carboxylic acids is 1. The number of aromatic carboxylic acids is 1. The van der Waals surface area contributed by atoms with Gasteiger partial charge in [-0.05, 0) is 13.8 Å². The number of nitrogens with one attached hydrogen (secondary N) is 1. The van der Waals surface area contributed by atoms with Crippen molar-refractivity contribution >= 4 is 11.8 Å². The van der Waals surface area contributed by atoms with Gasteiger partial charge in [0.25, 0.3) is 0 Å². The molecule has 0 aliphatic heterocycles. The van der Waals surface area contributed by atoms with E-state index < -0.39 is 5.97 Å². The standard InChI is InChI=1S/C8H11N3O2/c1-3-9-7-5(2)11-6(4-10-7)8(12)13/h4H,3H2,1-2H3,(H,9,10)(H,12,13). The van der Waals surface area contributed by atoms with Crippen molar-refractivity contribution in [2.75, 3.05) is 11.9 Å². The van der Waals surface area contributed by atoms with E-state index in [1.54, 1.807) is 6.92 Å². The molecular weight excluding hydrogens is 170 g/mol. The normalized spacial score (nSPS) is 9.69. The number of aromatic nitrogens is 2. The quantitative estimate of drug-likeness (QED) is 0.725. The molecule has 5 heteroatoms. The second-order valence-electron chi connectivity index (χ2n) is 2.52. The van der Waals surface area contributed by atoms with E-state index in [0.717, 1.165) is 6.54 Å². The maximum atomic E-state index is 10.5. The minimum atomic E-state index is -1.06. The van der Waals surface area contributed by atoms with Crippen LogP contribution in [0.5, 0.6) is 0 Å². The number of aryl methyl sites for hydroxylation is 1. The summed E-state index contributed by atoms with van der Waals surface area (Å²) in [5.41, 5.74) is 0.570. The molecule has 1 aromatic heterocycles. The highest BCUT2D eigenvalue weighted by atomic mass is 16.4. The smallest absolute Gasteiger partial charge is 0.356 e. The van der Waals surface area contributed by atoms with E-state index >= 15 is 0 Å². The zero-order valence-electron chi connectivity index (χ0n) is 7.53. The molecule has 2 N–H and O–H groups in total. The van der Waals surface area contributed by atoms with Crippen molar-refractivity contribution in [1.29, 1.82) is 0 Å². The molecule has 5 nitrogen and oxygen atoms in total. The highest BCUT2D eigenvalue weighted by molar-refractivity contribution is 5.85. The molecule has 70 valence electrons. The molecule has 1 rings (SSSR count). The Morgan fingerprint density at radius 1 is 1.69 bits per heavy atom. The Morgan fingerprint density at radius 2 is 2.38 bits per heavy atom. The zero-order valence-corrected chi connectivity index (χ0v) is 7.53. The van der Waals surface area contributed by atoms with Crippen molar-refractivity contribution in [2.45, 2.75) is 13.8 Å². The lowest BCUT2D eigenvalue weighted by molar-refractivity contribution is 0.0690. The maximum absolute atomic E-state index is 10.5. The van der Waals surface area contributed by atoms with E-state index in [0.29, 0.717) is 11.5 Å². The van der Waals surface area contributed by atoms with E-state index in [1.807, 2.05) is 6.92 Å². The summed E-state index contributed by atoms with van der Waals surface area (Å²) in [6.07, 6.45) is 1.24. The van der Waals surface area contributed by atoms with Gasteiger partial charge in [0.2, 0.25) is 0 Å². The predicted molar refractivity (Wildman–Crippen MR) is 47.9 cm³/mol. The Kier molecular flexibility index (Phi) is 2.79. The van der Waals surface area contributed by atoms with Crippen LogP contribution in [-0.2, 0) is 0 Å². The van der Waals surface area contributed by atoms with Gasteiger partial charge in [-0.3, -0.25) is 0 Å². The molecule has 0 saturated carbocycles. The molecule has 0 unspecified atom stereocenters. The van der Waals surface area contributed by atoms with Crippen LogP contribution >= 0.6 is 0 Å². The summed E-state index contributed by atoms with van der Waals surface area (Å²) in [7, 11) is 0. The van der Waals surface area contributed by atoms with Crippen molar-refractivity contribution in [1.82, 2.24) is 9.97 Å². The Balaban J connectivity index is 2.98. The Labute approximate surface area is 75.8 Å². The average Bonchev–Trinajstić information content (AvgIpc) is 2.08. The predicted octanol–water partition coefficient (Wildman–Crippen LogP) is 0.915. The second-order valence-corrected chi connectivity index (χ2v) is 2.52. The van der Waals surface area contributed by atoms with Crippen molar-refractivity contribution in [3.05, 3.63) is 17.6 Å². The molecule has 0 spiro atoms. The van der Waals surface area contributed by atoms with Crippen LogP contribution in [0.25, 0.3) is 0 Å². The van der Waals surface area contributed by atoms with Gasteiger partial charge in [0, 0.05) is 6.54 Å². The van der Waals surface area contributed by atoms with Gasteiger partial charge in [-0.15, -0.1) is 0 Å². The topological polar surface area (TPSA) is 75.1 Å². The molecule has 0 atom stereocenters. The van der Waals surface area contributed by atoms with Crippen molar-refractivity contribution in [3.8, 4) is 0 Å². The number of anilines is 1. The third kappa shape index (κ3) is 2.14. The summed E-state index contributed by atoms with van der Waals surface area (Å²) in [5.74, 6) is -0.425. The van der Waals surface area contributed by atoms with Crippen molar-refractivity contribution < 1.29 is 9.90 Å². The first-order chi connectivity index (χ1) is 6.15. The number of rotatable bonds is 3. The molecule has 0 fully saturated rings. The van der Waals surface area contributed by atoms with E-state index in [9.17, 15) is 4.79 Å². The highest BCUT2D eigenvalue weighted by Crippen LogP contribution is 2.07. The minimum Gasteiger partial charge on any atom is -0.476 e. The van der Waals surface area contributed by atoms with Crippen molar-refractivity contribution in [2.24, 2.45) is 0 Å². The molecule has 0 bridgehead atoms. The minimum absolute atomic E-state index is 0.0286. The molecule has 0 radical (unpaired) electrons. The summed E-state index contributed by atoms with van der Waals surface area (Å²) < 4.78 is 0. The first kappa shape index (κ1) is 9.44. The molecule has 0 aromatic carbocycles. The Bertz CT molecular complexity index is 325. The highest BCUT2D eigenvalue weighted by Gasteiger charge is 2.07. The number of carboxylic acid groups (broad SMARTS) is 1. The monoisotopic (exact) mass is 181 g/mol. The number of hydrogen-bond donors (Lipinski definition) is 2. The van der Waals surface area contributed by atoms with Crippen molar-refractivity contribution in [3.63, 3.8) is 0 Å². The van der Waals surface area contributed by atoms with E-state index in [1.165, 1.54) is 6.20 Å². The molecule has 0 aliphatic carbocycles. The van der Waals surface area contributed by atoms with Crippen LogP contribution in [0.15, 0.2) is 6.20 Å². The summed E-state index contributed by atoms with van der Waals surface area (Å²) in [5, 5.41) is 11.6. The second kappa shape index (κ2) is 3.84. The van der Waals surface area contributed by atoms with Gasteiger partial charge in [0.1, 0.15) is 5.82 Å². The molecular formula is C8H11N3O2. The number of carbonyl (C=O) groups is 1. The first-order valence-electron chi connectivity index (χ1n) is 3.96. The van der Waals surface area contributed by atoms with Crippen LogP contribution in [0, 0.1) is 6.92 Å². The van der Waals surface area contributed by atoms with Crippen LogP contribution in [0.3, 0.4) is 0 Å². The molecule has 0 saturated heterocycles. The van der Waals surface area contributed by atoms with Gasteiger partial charge >= 0.3 is 5.97 Å². The van der Waals surface area contributed by atoms with Gasteiger partial charge in [0.05, 0.1) is 11.9 Å². The lowest BCUT2D eigenvalue weighted by Gasteiger charge is -2.04. The van der Waals surface area contributed by atoms with Crippen LogP contribution < -0.4 is 5.32 Å². The van der Waals surface area contributed by atoms with E-state index in [2.05, 4.69) is 15.3 Å². The molecule has 0 amide bonds.